The van der Waals surface area contributed by atoms with Crippen LogP contribution in [0.1, 0.15) is 17.2 Å². The number of hydroxylamine groups is 1. The van der Waals surface area contributed by atoms with Crippen LogP contribution in [0.3, 0.4) is 0 Å². The van der Waals surface area contributed by atoms with Gasteiger partial charge in [-0.05, 0) is 6.07 Å². The molecule has 0 bridgehead atoms. The molecule has 2 atom stereocenters. The number of aliphatic hydroxyl groups excluding tert-OH is 3. The molecule has 1 aliphatic heterocycles. The van der Waals surface area contributed by atoms with Crippen molar-refractivity contribution in [1.82, 2.24) is 0 Å². The summed E-state index contributed by atoms with van der Waals surface area (Å²) in [4.78, 5) is 11.4. The lowest BCUT2D eigenvalue weighted by molar-refractivity contribution is -0.139. The van der Waals surface area contributed by atoms with E-state index in [4.69, 9.17) is 16.7 Å². The fourth-order valence-corrected chi connectivity index (χ4v) is 2.08. The lowest BCUT2D eigenvalue weighted by atomic mass is 9.94. The van der Waals surface area contributed by atoms with Crippen LogP contribution in [-0.4, -0.2) is 32.5 Å². The highest BCUT2D eigenvalue weighted by Crippen LogP contribution is 2.40. The Balaban J connectivity index is 2.71. The molecule has 0 spiro atoms. The van der Waals surface area contributed by atoms with E-state index in [2.05, 4.69) is 0 Å². The van der Waals surface area contributed by atoms with Gasteiger partial charge in [-0.15, -0.1) is 0 Å². The molecule has 17 heavy (non-hydrogen) atoms. The third kappa shape index (κ3) is 1.70. The molecular formula is C10H10ClNO5. The molecule has 1 heterocycles. The number of anilines is 1. The minimum atomic E-state index is -1.78. The molecule has 0 saturated carbocycles. The summed E-state index contributed by atoms with van der Waals surface area (Å²) in [6.45, 7) is -0.438. The summed E-state index contributed by atoms with van der Waals surface area (Å²) in [6.07, 6.45) is -3.31. The first-order chi connectivity index (χ1) is 7.99. The van der Waals surface area contributed by atoms with Crippen LogP contribution < -0.4 is 5.06 Å². The second-order valence-corrected chi connectivity index (χ2v) is 4.07. The van der Waals surface area contributed by atoms with Gasteiger partial charge in [0.05, 0.1) is 12.3 Å². The number of carbonyl (C=O) groups is 1. The highest BCUT2D eigenvalue weighted by molar-refractivity contribution is 6.32. The van der Waals surface area contributed by atoms with Crippen molar-refractivity contribution in [3.63, 3.8) is 0 Å². The van der Waals surface area contributed by atoms with E-state index in [9.17, 15) is 20.2 Å². The quantitative estimate of drug-likeness (QED) is 0.530. The van der Waals surface area contributed by atoms with Gasteiger partial charge in [0, 0.05) is 16.1 Å². The number of halogens is 1. The Bertz CT molecular complexity index is 478. The van der Waals surface area contributed by atoms with Gasteiger partial charge in [0.2, 0.25) is 0 Å². The van der Waals surface area contributed by atoms with Crippen molar-refractivity contribution in [2.75, 3.05) is 5.06 Å². The molecule has 0 aromatic heterocycles. The smallest absolute Gasteiger partial charge is 0.282 e. The Hall–Kier alpha value is -1.18. The minimum Gasteiger partial charge on any atom is -0.392 e. The van der Waals surface area contributed by atoms with Gasteiger partial charge in [-0.2, -0.15) is 5.06 Å². The maximum atomic E-state index is 11.4. The predicted octanol–water partition coefficient (Wildman–Crippen LogP) is -0.0376. The van der Waals surface area contributed by atoms with Crippen molar-refractivity contribution in [3.8, 4) is 0 Å². The topological polar surface area (TPSA) is 101 Å². The van der Waals surface area contributed by atoms with Gasteiger partial charge < -0.3 is 15.3 Å². The predicted molar refractivity (Wildman–Crippen MR) is 57.6 cm³/mol. The lowest BCUT2D eigenvalue weighted by Gasteiger charge is -2.32. The zero-order chi connectivity index (χ0) is 12.7. The normalized spacial score (nSPS) is 23.8. The van der Waals surface area contributed by atoms with E-state index in [1.54, 1.807) is 0 Å². The van der Waals surface area contributed by atoms with Crippen LogP contribution in [0, 0.1) is 0 Å². The molecule has 0 radical (unpaired) electrons. The van der Waals surface area contributed by atoms with Crippen molar-refractivity contribution >= 4 is 23.2 Å². The number of benzene rings is 1. The SMILES string of the molecule is O=C1C(O)C(O)c2c(Cl)ccc(CO)c2N1O. The minimum absolute atomic E-state index is 0.0211. The molecule has 0 saturated heterocycles. The number of rotatable bonds is 1. The van der Waals surface area contributed by atoms with Crippen molar-refractivity contribution in [1.29, 1.82) is 0 Å². The number of hydrogen-bond acceptors (Lipinski definition) is 5. The monoisotopic (exact) mass is 259 g/mol. The summed E-state index contributed by atoms with van der Waals surface area (Å²) in [5.41, 5.74) is 0.168. The van der Waals surface area contributed by atoms with Crippen molar-refractivity contribution in [2.24, 2.45) is 0 Å². The Morgan fingerprint density at radius 2 is 1.94 bits per heavy atom. The summed E-state index contributed by atoms with van der Waals surface area (Å²) in [5, 5.41) is 38.2. The van der Waals surface area contributed by atoms with Crippen molar-refractivity contribution < 1.29 is 25.3 Å². The van der Waals surface area contributed by atoms with Crippen LogP contribution in [0.5, 0.6) is 0 Å². The Morgan fingerprint density at radius 1 is 1.29 bits per heavy atom. The molecule has 4 N–H and O–H groups in total. The van der Waals surface area contributed by atoms with E-state index in [1.807, 2.05) is 0 Å². The van der Waals surface area contributed by atoms with E-state index < -0.39 is 24.7 Å². The van der Waals surface area contributed by atoms with Crippen LogP contribution >= 0.6 is 11.6 Å². The second-order valence-electron chi connectivity index (χ2n) is 3.67. The fourth-order valence-electron chi connectivity index (χ4n) is 1.82. The number of carbonyl (C=O) groups excluding carboxylic acids is 1. The molecule has 6 nitrogen and oxygen atoms in total. The molecule has 0 fully saturated rings. The van der Waals surface area contributed by atoms with E-state index in [1.165, 1.54) is 12.1 Å². The average Bonchev–Trinajstić information content (AvgIpc) is 2.33. The highest BCUT2D eigenvalue weighted by Gasteiger charge is 2.40. The molecule has 1 aliphatic rings. The van der Waals surface area contributed by atoms with Crippen LogP contribution in [-0.2, 0) is 11.4 Å². The number of fused-ring (bicyclic) bond motifs is 1. The first kappa shape index (κ1) is 12.3. The number of nitrogens with zero attached hydrogens (tertiary/aromatic N) is 1. The van der Waals surface area contributed by atoms with E-state index in [-0.39, 0.29) is 26.9 Å². The number of amides is 1. The molecule has 1 aromatic carbocycles. The Labute approximate surface area is 101 Å². The van der Waals surface area contributed by atoms with Crippen LogP contribution in [0.15, 0.2) is 12.1 Å². The first-order valence-corrected chi connectivity index (χ1v) is 5.18. The van der Waals surface area contributed by atoms with Gasteiger partial charge in [-0.25, -0.2) is 0 Å². The van der Waals surface area contributed by atoms with Crippen LogP contribution in [0.4, 0.5) is 5.69 Å². The van der Waals surface area contributed by atoms with E-state index in [0.717, 1.165) is 0 Å². The maximum absolute atomic E-state index is 11.4. The summed E-state index contributed by atoms with van der Waals surface area (Å²) in [5.74, 6) is -1.07. The van der Waals surface area contributed by atoms with Gasteiger partial charge in [0.1, 0.15) is 6.10 Å². The largest absolute Gasteiger partial charge is 0.392 e. The second kappa shape index (κ2) is 4.25. The van der Waals surface area contributed by atoms with Gasteiger partial charge in [0.15, 0.2) is 6.10 Å². The van der Waals surface area contributed by atoms with Crippen LogP contribution in [0.25, 0.3) is 0 Å². The van der Waals surface area contributed by atoms with Crippen LogP contribution in [0.2, 0.25) is 5.02 Å². The Kier molecular flexibility index (Phi) is 3.07. The molecule has 92 valence electrons. The number of aliphatic hydroxyl groups is 3. The molecular weight excluding hydrogens is 250 g/mol. The fraction of sp³-hybridized carbons (Fsp3) is 0.300. The zero-order valence-electron chi connectivity index (χ0n) is 8.54. The van der Waals surface area contributed by atoms with Gasteiger partial charge in [-0.3, -0.25) is 10.0 Å². The molecule has 2 rings (SSSR count). The lowest BCUT2D eigenvalue weighted by Crippen LogP contribution is -2.45. The van der Waals surface area contributed by atoms with Crippen molar-refractivity contribution in [2.45, 2.75) is 18.8 Å². The third-order valence-electron chi connectivity index (χ3n) is 2.69. The number of hydrogen-bond donors (Lipinski definition) is 4. The standard InChI is InChI=1S/C10H10ClNO5/c11-5-2-1-4(3-13)7-6(5)8(14)9(15)10(16)12(7)17/h1-2,8-9,13-15,17H,3H2. The van der Waals surface area contributed by atoms with Crippen molar-refractivity contribution in [3.05, 3.63) is 28.3 Å². The summed E-state index contributed by atoms with van der Waals surface area (Å²) >= 11 is 5.84. The molecule has 1 aromatic rings. The highest BCUT2D eigenvalue weighted by atomic mass is 35.5. The van der Waals surface area contributed by atoms with Gasteiger partial charge in [-0.1, -0.05) is 17.7 Å². The average molecular weight is 260 g/mol. The summed E-state index contributed by atoms with van der Waals surface area (Å²) < 4.78 is 0. The third-order valence-corrected chi connectivity index (χ3v) is 3.02. The Morgan fingerprint density at radius 3 is 2.53 bits per heavy atom. The summed E-state index contributed by atoms with van der Waals surface area (Å²) in [6, 6.07) is 2.83. The van der Waals surface area contributed by atoms with Gasteiger partial charge in [0.25, 0.3) is 5.91 Å². The van der Waals surface area contributed by atoms with E-state index >= 15 is 0 Å². The molecule has 1 amide bonds. The zero-order valence-corrected chi connectivity index (χ0v) is 9.29. The molecule has 0 aliphatic carbocycles. The van der Waals surface area contributed by atoms with Gasteiger partial charge >= 0.3 is 0 Å². The molecule has 7 heteroatoms. The first-order valence-electron chi connectivity index (χ1n) is 4.80. The molecule has 2 unspecified atom stereocenters. The summed E-state index contributed by atoms with van der Waals surface area (Å²) in [7, 11) is 0. The van der Waals surface area contributed by atoms with E-state index in [0.29, 0.717) is 0 Å². The maximum Gasteiger partial charge on any atom is 0.282 e.